The molecule has 1 saturated carbocycles. The van der Waals surface area contributed by atoms with Crippen LogP contribution in [0.4, 0.5) is 0 Å². The Balaban J connectivity index is 1.84. The molecular formula is C25H24O2. The second kappa shape index (κ2) is 6.16. The molecule has 2 heteroatoms. The first-order valence-electron chi connectivity index (χ1n) is 9.88. The van der Waals surface area contributed by atoms with Crippen molar-refractivity contribution in [2.75, 3.05) is 0 Å². The van der Waals surface area contributed by atoms with Gasteiger partial charge in [0.2, 0.25) is 0 Å². The smallest absolute Gasteiger partial charge is 0.135 e. The Labute approximate surface area is 159 Å². The molecule has 1 heterocycles. The molecule has 0 aliphatic heterocycles. The summed E-state index contributed by atoms with van der Waals surface area (Å²) in [6.45, 7) is 4.17. The van der Waals surface area contributed by atoms with Crippen LogP contribution >= 0.6 is 0 Å². The molecule has 1 aliphatic carbocycles. The van der Waals surface area contributed by atoms with Crippen molar-refractivity contribution in [1.82, 2.24) is 0 Å². The van der Waals surface area contributed by atoms with Gasteiger partial charge in [-0.2, -0.15) is 0 Å². The van der Waals surface area contributed by atoms with Crippen molar-refractivity contribution in [1.29, 1.82) is 0 Å². The molecule has 1 aliphatic rings. The monoisotopic (exact) mass is 356 g/mol. The Morgan fingerprint density at radius 1 is 0.963 bits per heavy atom. The summed E-state index contributed by atoms with van der Waals surface area (Å²) in [5, 5.41) is 14.1. The molecule has 136 valence electrons. The first-order chi connectivity index (χ1) is 13.1. The number of rotatable bonds is 2. The fraction of sp³-hybridized carbons (Fsp3) is 0.280. The molecule has 4 aromatic rings. The van der Waals surface area contributed by atoms with Crippen LogP contribution in [0.15, 0.2) is 52.9 Å². The van der Waals surface area contributed by atoms with Crippen molar-refractivity contribution in [3.05, 3.63) is 65.4 Å². The fourth-order valence-corrected chi connectivity index (χ4v) is 4.77. The Hall–Kier alpha value is -2.74. The molecule has 0 radical (unpaired) electrons. The summed E-state index contributed by atoms with van der Waals surface area (Å²) < 4.78 is 6.07. The van der Waals surface area contributed by atoms with Gasteiger partial charge in [-0.25, -0.2) is 0 Å². The molecular weight excluding hydrogens is 332 g/mol. The van der Waals surface area contributed by atoms with Crippen molar-refractivity contribution in [2.45, 2.75) is 45.4 Å². The van der Waals surface area contributed by atoms with E-state index in [9.17, 15) is 5.11 Å². The molecule has 0 amide bonds. The van der Waals surface area contributed by atoms with Crippen molar-refractivity contribution in [3.8, 4) is 16.9 Å². The van der Waals surface area contributed by atoms with E-state index in [-0.39, 0.29) is 0 Å². The maximum Gasteiger partial charge on any atom is 0.135 e. The van der Waals surface area contributed by atoms with E-state index in [4.69, 9.17) is 4.42 Å². The summed E-state index contributed by atoms with van der Waals surface area (Å²) in [4.78, 5) is 0. The van der Waals surface area contributed by atoms with E-state index in [0.29, 0.717) is 11.7 Å². The minimum absolute atomic E-state index is 0.433. The maximum absolute atomic E-state index is 10.5. The largest absolute Gasteiger partial charge is 0.508 e. The van der Waals surface area contributed by atoms with Crippen molar-refractivity contribution < 1.29 is 9.52 Å². The molecule has 1 N–H and O–H groups in total. The van der Waals surface area contributed by atoms with Crippen LogP contribution in [0.2, 0.25) is 0 Å². The Kier molecular flexibility index (Phi) is 3.75. The fourth-order valence-electron chi connectivity index (χ4n) is 4.77. The van der Waals surface area contributed by atoms with Crippen LogP contribution < -0.4 is 0 Å². The van der Waals surface area contributed by atoms with Crippen LogP contribution in [0.3, 0.4) is 0 Å². The molecule has 1 aromatic heterocycles. The number of furan rings is 1. The summed E-state index contributed by atoms with van der Waals surface area (Å²) in [6.07, 6.45) is 4.86. The van der Waals surface area contributed by atoms with E-state index in [1.165, 1.54) is 58.5 Å². The number of aryl methyl sites for hydroxylation is 2. The lowest BCUT2D eigenvalue weighted by molar-refractivity contribution is 0.461. The number of phenolic OH excluding ortho intramolecular Hbond substituents is 1. The third-order valence-corrected chi connectivity index (χ3v) is 6.29. The van der Waals surface area contributed by atoms with E-state index in [1.54, 1.807) is 0 Å². The zero-order valence-electron chi connectivity index (χ0n) is 15.9. The van der Waals surface area contributed by atoms with Crippen LogP contribution in [0.1, 0.15) is 48.5 Å². The second-order valence-corrected chi connectivity index (χ2v) is 7.88. The van der Waals surface area contributed by atoms with Crippen LogP contribution in [0.5, 0.6) is 5.75 Å². The third-order valence-electron chi connectivity index (χ3n) is 6.29. The molecule has 27 heavy (non-hydrogen) atoms. The lowest BCUT2D eigenvalue weighted by atomic mass is 9.89. The number of fused-ring (bicyclic) bond motifs is 2. The maximum atomic E-state index is 10.5. The highest BCUT2D eigenvalue weighted by Crippen LogP contribution is 2.44. The highest BCUT2D eigenvalue weighted by molar-refractivity contribution is 6.12. The highest BCUT2D eigenvalue weighted by Gasteiger charge is 2.22. The molecule has 5 rings (SSSR count). The predicted molar refractivity (Wildman–Crippen MR) is 112 cm³/mol. The van der Waals surface area contributed by atoms with Gasteiger partial charge in [0.15, 0.2) is 0 Å². The molecule has 0 spiro atoms. The van der Waals surface area contributed by atoms with Gasteiger partial charge in [0.1, 0.15) is 17.1 Å². The van der Waals surface area contributed by atoms with Gasteiger partial charge in [-0.05, 0) is 78.3 Å². The normalized spacial score (nSPS) is 15.2. The zero-order chi connectivity index (χ0) is 18.5. The SMILES string of the molecule is Cc1oc2cc3ccccc3c(-c3ccc(O)c(C4CCCC4)c3)c2c1C. The topological polar surface area (TPSA) is 33.4 Å². The highest BCUT2D eigenvalue weighted by atomic mass is 16.3. The van der Waals surface area contributed by atoms with E-state index in [0.717, 1.165) is 16.9 Å². The standard InChI is InChI=1S/C25H24O2/c1-15-16(2)27-23-14-18-9-5-6-10-20(18)25(24(15)23)19-11-12-22(26)21(13-19)17-7-3-4-8-17/h5-6,9-14,17,26H,3-4,7-8H2,1-2H3. The first-order valence-corrected chi connectivity index (χ1v) is 9.88. The Bertz CT molecular complexity index is 1160. The van der Waals surface area contributed by atoms with Crippen LogP contribution in [-0.2, 0) is 0 Å². The van der Waals surface area contributed by atoms with Crippen LogP contribution in [0, 0.1) is 13.8 Å². The summed E-state index contributed by atoms with van der Waals surface area (Å²) in [5.41, 5.74) is 5.62. The predicted octanol–water partition coefficient (Wildman–Crippen LogP) is 7.23. The lowest BCUT2D eigenvalue weighted by Crippen LogP contribution is -1.94. The van der Waals surface area contributed by atoms with E-state index >= 15 is 0 Å². The zero-order valence-corrected chi connectivity index (χ0v) is 15.9. The summed E-state index contributed by atoms with van der Waals surface area (Å²) in [5.74, 6) is 1.88. The molecule has 3 aromatic carbocycles. The van der Waals surface area contributed by atoms with Gasteiger partial charge in [0.25, 0.3) is 0 Å². The Morgan fingerprint density at radius 2 is 1.74 bits per heavy atom. The minimum Gasteiger partial charge on any atom is -0.508 e. The first kappa shape index (κ1) is 16.4. The molecule has 2 nitrogen and oxygen atoms in total. The van der Waals surface area contributed by atoms with Gasteiger partial charge in [0.05, 0.1) is 0 Å². The van der Waals surface area contributed by atoms with Crippen molar-refractivity contribution in [2.24, 2.45) is 0 Å². The molecule has 0 atom stereocenters. The van der Waals surface area contributed by atoms with Gasteiger partial charge in [-0.15, -0.1) is 0 Å². The van der Waals surface area contributed by atoms with Gasteiger partial charge in [0, 0.05) is 10.9 Å². The van der Waals surface area contributed by atoms with Gasteiger partial charge < -0.3 is 9.52 Å². The van der Waals surface area contributed by atoms with Crippen molar-refractivity contribution in [3.63, 3.8) is 0 Å². The Morgan fingerprint density at radius 3 is 2.56 bits per heavy atom. The summed E-state index contributed by atoms with van der Waals surface area (Å²) >= 11 is 0. The molecule has 0 saturated heterocycles. The van der Waals surface area contributed by atoms with Crippen LogP contribution in [0.25, 0.3) is 32.9 Å². The number of hydrogen-bond acceptors (Lipinski definition) is 2. The average molecular weight is 356 g/mol. The van der Waals surface area contributed by atoms with Gasteiger partial charge >= 0.3 is 0 Å². The number of hydrogen-bond donors (Lipinski definition) is 1. The third kappa shape index (κ3) is 2.55. The number of aromatic hydroxyl groups is 1. The number of phenols is 1. The quantitative estimate of drug-likeness (QED) is 0.411. The molecule has 0 bridgehead atoms. The van der Waals surface area contributed by atoms with E-state index in [2.05, 4.69) is 49.4 Å². The molecule has 1 fully saturated rings. The van der Waals surface area contributed by atoms with Gasteiger partial charge in [-0.3, -0.25) is 0 Å². The summed E-state index contributed by atoms with van der Waals surface area (Å²) in [7, 11) is 0. The second-order valence-electron chi connectivity index (χ2n) is 7.88. The lowest BCUT2D eigenvalue weighted by Gasteiger charge is -2.15. The van der Waals surface area contributed by atoms with E-state index < -0.39 is 0 Å². The minimum atomic E-state index is 0.433. The average Bonchev–Trinajstić information content (AvgIpc) is 3.30. The van der Waals surface area contributed by atoms with E-state index in [1.807, 2.05) is 13.0 Å². The van der Waals surface area contributed by atoms with Gasteiger partial charge in [-0.1, -0.05) is 43.2 Å². The number of benzene rings is 3. The summed E-state index contributed by atoms with van der Waals surface area (Å²) in [6, 6.07) is 16.8. The van der Waals surface area contributed by atoms with Crippen molar-refractivity contribution >= 4 is 21.7 Å². The van der Waals surface area contributed by atoms with Crippen LogP contribution in [-0.4, -0.2) is 5.11 Å². The molecule has 0 unspecified atom stereocenters.